The Labute approximate surface area is 119 Å². The number of nitrogens with zero attached hydrogens (tertiary/aromatic N) is 2. The number of carbonyl (C=O) groups excluding carboxylic acids is 1. The van der Waals surface area contributed by atoms with Crippen LogP contribution >= 0.6 is 15.9 Å². The lowest BCUT2D eigenvalue weighted by Crippen LogP contribution is -2.52. The van der Waals surface area contributed by atoms with Crippen LogP contribution in [0.4, 0.5) is 0 Å². The van der Waals surface area contributed by atoms with Crippen molar-refractivity contribution < 1.29 is 14.7 Å². The summed E-state index contributed by atoms with van der Waals surface area (Å²) in [5.74, 6) is -1.20. The molecular weight excluding hydrogens is 312 g/mol. The first-order chi connectivity index (χ1) is 9.01. The van der Waals surface area contributed by atoms with Crippen molar-refractivity contribution in [3.05, 3.63) is 28.5 Å². The third kappa shape index (κ3) is 2.36. The molecule has 19 heavy (non-hydrogen) atoms. The molecule has 1 N–H and O–H groups in total. The van der Waals surface area contributed by atoms with E-state index in [0.29, 0.717) is 35.8 Å². The molecule has 0 radical (unpaired) electrons. The summed E-state index contributed by atoms with van der Waals surface area (Å²) in [6.07, 6.45) is 4.69. The fourth-order valence-electron chi connectivity index (χ4n) is 2.60. The quantitative estimate of drug-likeness (QED) is 0.925. The third-order valence-electron chi connectivity index (χ3n) is 3.67. The summed E-state index contributed by atoms with van der Waals surface area (Å²) >= 11 is 3.26. The molecule has 102 valence electrons. The molecule has 0 saturated carbocycles. The van der Waals surface area contributed by atoms with Crippen LogP contribution in [0.3, 0.4) is 0 Å². The van der Waals surface area contributed by atoms with Gasteiger partial charge in [0.15, 0.2) is 0 Å². The summed E-state index contributed by atoms with van der Waals surface area (Å²) in [7, 11) is 0. The number of rotatable bonds is 3. The van der Waals surface area contributed by atoms with Gasteiger partial charge < -0.3 is 10.0 Å². The van der Waals surface area contributed by atoms with E-state index in [1.54, 1.807) is 19.2 Å². The number of carbonyl (C=O) groups is 2. The molecule has 1 fully saturated rings. The molecule has 0 bridgehead atoms. The van der Waals surface area contributed by atoms with E-state index in [1.807, 2.05) is 0 Å². The van der Waals surface area contributed by atoms with E-state index < -0.39 is 11.5 Å². The van der Waals surface area contributed by atoms with Crippen molar-refractivity contribution >= 4 is 27.8 Å². The van der Waals surface area contributed by atoms with Crippen LogP contribution in [0.15, 0.2) is 22.9 Å². The molecular formula is C13H15BrN2O3. The van der Waals surface area contributed by atoms with Crippen molar-refractivity contribution in [2.75, 3.05) is 6.54 Å². The molecule has 1 unspecified atom stereocenters. The van der Waals surface area contributed by atoms with E-state index >= 15 is 0 Å². The van der Waals surface area contributed by atoms with Gasteiger partial charge in [0.05, 0.1) is 5.56 Å². The van der Waals surface area contributed by atoms with Crippen LogP contribution in [0, 0.1) is 0 Å². The van der Waals surface area contributed by atoms with Gasteiger partial charge >= 0.3 is 5.97 Å². The van der Waals surface area contributed by atoms with Gasteiger partial charge in [-0.1, -0.05) is 6.92 Å². The smallest absolute Gasteiger partial charge is 0.329 e. The zero-order valence-corrected chi connectivity index (χ0v) is 12.2. The van der Waals surface area contributed by atoms with Crippen LogP contribution in [0.1, 0.15) is 36.5 Å². The highest BCUT2D eigenvalue weighted by Gasteiger charge is 2.48. The lowest BCUT2D eigenvalue weighted by molar-refractivity contribution is -0.148. The molecule has 5 nitrogen and oxygen atoms in total. The van der Waals surface area contributed by atoms with E-state index in [-0.39, 0.29) is 5.91 Å². The Morgan fingerprint density at radius 2 is 2.26 bits per heavy atom. The van der Waals surface area contributed by atoms with Gasteiger partial charge in [0.25, 0.3) is 5.91 Å². The molecule has 0 aromatic carbocycles. The second-order valence-electron chi connectivity index (χ2n) is 4.64. The number of amides is 1. The SMILES string of the molecule is CCC1(C(=O)O)CCCN1C(=O)c1cncc(Br)c1. The van der Waals surface area contributed by atoms with Crippen molar-refractivity contribution in [2.45, 2.75) is 31.7 Å². The summed E-state index contributed by atoms with van der Waals surface area (Å²) in [4.78, 5) is 29.5. The van der Waals surface area contributed by atoms with Crippen molar-refractivity contribution in [3.8, 4) is 0 Å². The molecule has 1 aliphatic heterocycles. The summed E-state index contributed by atoms with van der Waals surface area (Å²) in [6, 6.07) is 1.66. The second-order valence-corrected chi connectivity index (χ2v) is 5.56. The summed E-state index contributed by atoms with van der Waals surface area (Å²) < 4.78 is 0.704. The van der Waals surface area contributed by atoms with Gasteiger partial charge in [-0.2, -0.15) is 0 Å². The number of aromatic nitrogens is 1. The number of likely N-dealkylation sites (tertiary alicyclic amines) is 1. The van der Waals surface area contributed by atoms with Crippen molar-refractivity contribution in [2.24, 2.45) is 0 Å². The van der Waals surface area contributed by atoms with Crippen LogP contribution in [0.5, 0.6) is 0 Å². The van der Waals surface area contributed by atoms with Gasteiger partial charge in [0.2, 0.25) is 0 Å². The van der Waals surface area contributed by atoms with Crippen LogP contribution in [0.25, 0.3) is 0 Å². The molecule has 1 atom stereocenters. The highest BCUT2D eigenvalue weighted by atomic mass is 79.9. The number of pyridine rings is 1. The first-order valence-electron chi connectivity index (χ1n) is 6.17. The largest absolute Gasteiger partial charge is 0.479 e. The fraction of sp³-hybridized carbons (Fsp3) is 0.462. The Hall–Kier alpha value is -1.43. The molecule has 0 spiro atoms. The van der Waals surface area contributed by atoms with E-state index in [9.17, 15) is 14.7 Å². The lowest BCUT2D eigenvalue weighted by atomic mass is 9.92. The fourth-order valence-corrected chi connectivity index (χ4v) is 2.97. The average Bonchev–Trinajstić information content (AvgIpc) is 2.82. The van der Waals surface area contributed by atoms with Crippen LogP contribution < -0.4 is 0 Å². The van der Waals surface area contributed by atoms with Crippen molar-refractivity contribution in [1.82, 2.24) is 9.88 Å². The maximum atomic E-state index is 12.5. The minimum atomic E-state index is -1.07. The van der Waals surface area contributed by atoms with E-state index in [0.717, 1.165) is 0 Å². The minimum Gasteiger partial charge on any atom is -0.479 e. The normalized spacial score (nSPS) is 22.5. The summed E-state index contributed by atoms with van der Waals surface area (Å²) in [5, 5.41) is 9.47. The lowest BCUT2D eigenvalue weighted by Gasteiger charge is -2.33. The topological polar surface area (TPSA) is 70.5 Å². The molecule has 1 amide bonds. The van der Waals surface area contributed by atoms with Gasteiger partial charge in [-0.3, -0.25) is 9.78 Å². The molecule has 1 aliphatic rings. The Morgan fingerprint density at radius 3 is 2.84 bits per heavy atom. The Morgan fingerprint density at radius 1 is 1.53 bits per heavy atom. The monoisotopic (exact) mass is 326 g/mol. The zero-order chi connectivity index (χ0) is 14.0. The van der Waals surface area contributed by atoms with Crippen LogP contribution in [-0.4, -0.2) is 39.0 Å². The first kappa shape index (κ1) is 14.0. The second kappa shape index (κ2) is 5.28. The molecule has 1 aromatic rings. The van der Waals surface area contributed by atoms with Gasteiger partial charge in [0, 0.05) is 23.4 Å². The summed E-state index contributed by atoms with van der Waals surface area (Å²) in [6.45, 7) is 2.28. The summed E-state index contributed by atoms with van der Waals surface area (Å²) in [5.41, 5.74) is -0.658. The highest BCUT2D eigenvalue weighted by molar-refractivity contribution is 9.10. The molecule has 1 saturated heterocycles. The van der Waals surface area contributed by atoms with Gasteiger partial charge in [-0.25, -0.2) is 4.79 Å². The van der Waals surface area contributed by atoms with E-state index in [1.165, 1.54) is 11.1 Å². The molecule has 2 heterocycles. The van der Waals surface area contributed by atoms with Gasteiger partial charge in [-0.15, -0.1) is 0 Å². The predicted molar refractivity (Wildman–Crippen MR) is 72.9 cm³/mol. The highest BCUT2D eigenvalue weighted by Crippen LogP contribution is 2.34. The average molecular weight is 327 g/mol. The molecule has 0 aliphatic carbocycles. The van der Waals surface area contributed by atoms with Gasteiger partial charge in [0.1, 0.15) is 5.54 Å². The number of carboxylic acid groups (broad SMARTS) is 1. The Balaban J connectivity index is 2.35. The first-order valence-corrected chi connectivity index (χ1v) is 6.96. The predicted octanol–water partition coefficient (Wildman–Crippen LogP) is 2.31. The number of hydrogen-bond donors (Lipinski definition) is 1. The van der Waals surface area contributed by atoms with Crippen LogP contribution in [0.2, 0.25) is 0 Å². The van der Waals surface area contributed by atoms with Crippen LogP contribution in [-0.2, 0) is 4.79 Å². The van der Waals surface area contributed by atoms with Crippen molar-refractivity contribution in [3.63, 3.8) is 0 Å². The molecule has 1 aromatic heterocycles. The standard InChI is InChI=1S/C13H15BrN2O3/c1-2-13(12(18)19)4-3-5-16(13)11(17)9-6-10(14)8-15-7-9/h6-8H,2-5H2,1H3,(H,18,19). The van der Waals surface area contributed by atoms with E-state index in [2.05, 4.69) is 20.9 Å². The van der Waals surface area contributed by atoms with Crippen molar-refractivity contribution in [1.29, 1.82) is 0 Å². The zero-order valence-electron chi connectivity index (χ0n) is 10.6. The number of aliphatic carboxylic acids is 1. The molecule has 6 heteroatoms. The Bertz CT molecular complexity index is 520. The Kier molecular flexibility index (Phi) is 3.89. The maximum Gasteiger partial charge on any atom is 0.329 e. The number of hydrogen-bond acceptors (Lipinski definition) is 3. The minimum absolute atomic E-state index is 0.268. The van der Waals surface area contributed by atoms with E-state index in [4.69, 9.17) is 0 Å². The van der Waals surface area contributed by atoms with Gasteiger partial charge in [-0.05, 0) is 41.3 Å². The number of carboxylic acids is 1. The maximum absolute atomic E-state index is 12.5. The molecule has 2 rings (SSSR count). The number of halogens is 1. The third-order valence-corrected chi connectivity index (χ3v) is 4.10.